The third-order valence-electron chi connectivity index (χ3n) is 3.07. The molecule has 1 aliphatic carbocycles. The average molecular weight is 276 g/mol. The molecule has 5 heteroatoms. The standard InChI is InChI=1S/C14H16N2O2S/c1-10(13(17)16-14(9-15)7-8-14)18-11-3-5-12(19-2)6-4-11/h3-6,10H,7-8H2,1-2H3,(H,16,17). The number of hydrogen-bond acceptors (Lipinski definition) is 4. The number of nitrogens with zero attached hydrogens (tertiary/aromatic N) is 1. The summed E-state index contributed by atoms with van der Waals surface area (Å²) in [6.07, 6.45) is 2.85. The molecule has 0 saturated heterocycles. The molecule has 0 aromatic heterocycles. The Balaban J connectivity index is 1.91. The van der Waals surface area contributed by atoms with E-state index in [1.807, 2.05) is 30.5 Å². The van der Waals surface area contributed by atoms with Crippen molar-refractivity contribution >= 4 is 17.7 Å². The van der Waals surface area contributed by atoms with Crippen LogP contribution in [0.5, 0.6) is 5.75 Å². The molecule has 0 bridgehead atoms. The van der Waals surface area contributed by atoms with Gasteiger partial charge in [0.1, 0.15) is 11.3 Å². The Hall–Kier alpha value is -1.67. The molecular weight excluding hydrogens is 260 g/mol. The van der Waals surface area contributed by atoms with E-state index in [1.165, 1.54) is 0 Å². The van der Waals surface area contributed by atoms with Gasteiger partial charge in [0.25, 0.3) is 5.91 Å². The van der Waals surface area contributed by atoms with E-state index < -0.39 is 11.6 Å². The Morgan fingerprint density at radius 3 is 2.58 bits per heavy atom. The van der Waals surface area contributed by atoms with E-state index in [2.05, 4.69) is 11.4 Å². The van der Waals surface area contributed by atoms with Crippen LogP contribution in [0.4, 0.5) is 0 Å². The van der Waals surface area contributed by atoms with Crippen molar-refractivity contribution in [2.45, 2.75) is 36.3 Å². The van der Waals surface area contributed by atoms with Gasteiger partial charge in [0.05, 0.1) is 6.07 Å². The van der Waals surface area contributed by atoms with Gasteiger partial charge >= 0.3 is 0 Å². The predicted octanol–water partition coefficient (Wildman–Crippen LogP) is 2.35. The molecule has 0 heterocycles. The van der Waals surface area contributed by atoms with Crippen LogP contribution in [-0.4, -0.2) is 23.8 Å². The van der Waals surface area contributed by atoms with Crippen molar-refractivity contribution in [3.05, 3.63) is 24.3 Å². The Morgan fingerprint density at radius 2 is 2.11 bits per heavy atom. The summed E-state index contributed by atoms with van der Waals surface area (Å²) in [5.41, 5.74) is -0.641. The molecule has 1 aromatic carbocycles. The summed E-state index contributed by atoms with van der Waals surface area (Å²) in [6, 6.07) is 9.70. The molecular formula is C14H16N2O2S. The van der Waals surface area contributed by atoms with E-state index in [0.717, 1.165) is 17.7 Å². The van der Waals surface area contributed by atoms with Crippen molar-refractivity contribution in [1.29, 1.82) is 5.26 Å². The SMILES string of the molecule is CSc1ccc(OC(C)C(=O)NC2(C#N)CC2)cc1. The first-order valence-corrected chi connectivity index (χ1v) is 7.35. The molecule has 2 rings (SSSR count). The van der Waals surface area contributed by atoms with Gasteiger partial charge in [0, 0.05) is 4.90 Å². The lowest BCUT2D eigenvalue weighted by atomic mass is 10.2. The van der Waals surface area contributed by atoms with Gasteiger partial charge in [0.15, 0.2) is 6.10 Å². The van der Waals surface area contributed by atoms with Gasteiger partial charge in [-0.15, -0.1) is 11.8 Å². The highest BCUT2D eigenvalue weighted by Crippen LogP contribution is 2.34. The van der Waals surface area contributed by atoms with Gasteiger partial charge in [0.2, 0.25) is 0 Å². The van der Waals surface area contributed by atoms with E-state index >= 15 is 0 Å². The topological polar surface area (TPSA) is 62.1 Å². The fourth-order valence-electron chi connectivity index (χ4n) is 1.64. The molecule has 0 radical (unpaired) electrons. The van der Waals surface area contributed by atoms with Gasteiger partial charge in [-0.25, -0.2) is 0 Å². The van der Waals surface area contributed by atoms with Crippen LogP contribution in [0.1, 0.15) is 19.8 Å². The molecule has 0 spiro atoms. The fourth-order valence-corrected chi connectivity index (χ4v) is 2.05. The zero-order chi connectivity index (χ0) is 13.9. The van der Waals surface area contributed by atoms with E-state index in [1.54, 1.807) is 18.7 Å². The minimum atomic E-state index is -0.641. The highest BCUT2D eigenvalue weighted by molar-refractivity contribution is 7.98. The summed E-state index contributed by atoms with van der Waals surface area (Å²) in [6.45, 7) is 1.69. The summed E-state index contributed by atoms with van der Waals surface area (Å²) < 4.78 is 5.56. The van der Waals surface area contributed by atoms with Crippen molar-refractivity contribution in [2.75, 3.05) is 6.26 Å². The summed E-state index contributed by atoms with van der Waals surface area (Å²) in [4.78, 5) is 13.0. The second-order valence-corrected chi connectivity index (χ2v) is 5.50. The zero-order valence-electron chi connectivity index (χ0n) is 11.0. The third-order valence-corrected chi connectivity index (χ3v) is 3.81. The number of hydrogen-bond donors (Lipinski definition) is 1. The van der Waals surface area contributed by atoms with Crippen LogP contribution in [-0.2, 0) is 4.79 Å². The quantitative estimate of drug-likeness (QED) is 0.839. The second-order valence-electron chi connectivity index (χ2n) is 4.62. The molecule has 1 aromatic rings. The Bertz CT molecular complexity index is 503. The molecule has 1 amide bonds. The molecule has 100 valence electrons. The molecule has 1 atom stereocenters. The lowest BCUT2D eigenvalue weighted by molar-refractivity contribution is -0.127. The van der Waals surface area contributed by atoms with E-state index in [0.29, 0.717) is 5.75 Å². The number of nitriles is 1. The Kier molecular flexibility index (Phi) is 4.01. The second kappa shape index (κ2) is 5.54. The summed E-state index contributed by atoms with van der Waals surface area (Å²) >= 11 is 1.65. The molecule has 1 unspecified atom stereocenters. The van der Waals surface area contributed by atoms with E-state index in [9.17, 15) is 4.79 Å². The van der Waals surface area contributed by atoms with Crippen molar-refractivity contribution in [3.63, 3.8) is 0 Å². The number of nitrogens with one attached hydrogen (secondary N) is 1. The van der Waals surface area contributed by atoms with Crippen molar-refractivity contribution in [2.24, 2.45) is 0 Å². The minimum Gasteiger partial charge on any atom is -0.481 e. The number of amides is 1. The number of thioether (sulfide) groups is 1. The van der Waals surface area contributed by atoms with Crippen molar-refractivity contribution in [3.8, 4) is 11.8 Å². The van der Waals surface area contributed by atoms with Crippen molar-refractivity contribution in [1.82, 2.24) is 5.32 Å². The highest BCUT2D eigenvalue weighted by Gasteiger charge is 2.45. The molecule has 19 heavy (non-hydrogen) atoms. The van der Waals surface area contributed by atoms with Gasteiger partial charge in [-0.2, -0.15) is 5.26 Å². The smallest absolute Gasteiger partial charge is 0.262 e. The first-order chi connectivity index (χ1) is 9.08. The van der Waals surface area contributed by atoms with Crippen LogP contribution in [0.2, 0.25) is 0 Å². The monoisotopic (exact) mass is 276 g/mol. The summed E-state index contributed by atoms with van der Waals surface area (Å²) in [5.74, 6) is 0.412. The summed E-state index contributed by atoms with van der Waals surface area (Å²) in [5, 5.41) is 11.7. The van der Waals surface area contributed by atoms with Crippen LogP contribution in [0.25, 0.3) is 0 Å². The first kappa shape index (κ1) is 13.8. The maximum Gasteiger partial charge on any atom is 0.262 e. The maximum absolute atomic E-state index is 11.9. The average Bonchev–Trinajstić information content (AvgIpc) is 3.20. The summed E-state index contributed by atoms with van der Waals surface area (Å²) in [7, 11) is 0. The number of carbonyl (C=O) groups is 1. The molecule has 4 nitrogen and oxygen atoms in total. The lowest BCUT2D eigenvalue weighted by Gasteiger charge is -2.16. The molecule has 1 fully saturated rings. The van der Waals surface area contributed by atoms with Gasteiger partial charge in [-0.1, -0.05) is 0 Å². The molecule has 1 saturated carbocycles. The van der Waals surface area contributed by atoms with Crippen molar-refractivity contribution < 1.29 is 9.53 Å². The number of rotatable bonds is 5. The Morgan fingerprint density at radius 1 is 1.47 bits per heavy atom. The number of benzene rings is 1. The minimum absolute atomic E-state index is 0.243. The zero-order valence-corrected chi connectivity index (χ0v) is 11.8. The van der Waals surface area contributed by atoms with Crippen LogP contribution in [0.15, 0.2) is 29.2 Å². The van der Waals surface area contributed by atoms with Gasteiger partial charge in [-0.05, 0) is 50.3 Å². The molecule has 1 aliphatic rings. The lowest BCUT2D eigenvalue weighted by Crippen LogP contribution is -2.43. The number of carbonyl (C=O) groups excluding carboxylic acids is 1. The molecule has 0 aliphatic heterocycles. The van der Waals surface area contributed by atoms with Crippen LogP contribution < -0.4 is 10.1 Å². The largest absolute Gasteiger partial charge is 0.481 e. The van der Waals surface area contributed by atoms with Crippen LogP contribution in [0.3, 0.4) is 0 Å². The fraction of sp³-hybridized carbons (Fsp3) is 0.429. The normalized spacial score (nSPS) is 17.1. The molecule has 1 N–H and O–H groups in total. The number of ether oxygens (including phenoxy) is 1. The third kappa shape index (κ3) is 3.42. The maximum atomic E-state index is 11.9. The van der Waals surface area contributed by atoms with E-state index in [4.69, 9.17) is 10.00 Å². The Labute approximate surface area is 117 Å². The van der Waals surface area contributed by atoms with Crippen LogP contribution in [0, 0.1) is 11.3 Å². The predicted molar refractivity (Wildman–Crippen MR) is 74.0 cm³/mol. The van der Waals surface area contributed by atoms with Gasteiger partial charge in [-0.3, -0.25) is 4.79 Å². The van der Waals surface area contributed by atoms with Gasteiger partial charge < -0.3 is 10.1 Å². The van der Waals surface area contributed by atoms with E-state index in [-0.39, 0.29) is 5.91 Å². The highest BCUT2D eigenvalue weighted by atomic mass is 32.2. The first-order valence-electron chi connectivity index (χ1n) is 6.12. The van der Waals surface area contributed by atoms with Crippen LogP contribution >= 0.6 is 11.8 Å².